The van der Waals surface area contributed by atoms with Crippen molar-refractivity contribution in [2.45, 2.75) is 19.4 Å². The summed E-state index contributed by atoms with van der Waals surface area (Å²) < 4.78 is 0. The SMILES string of the molecule is CC1CCN(C(=O)c2ccncc2C#CCO)C1CO. The van der Waals surface area contributed by atoms with E-state index in [9.17, 15) is 9.90 Å². The van der Waals surface area contributed by atoms with E-state index in [0.717, 1.165) is 6.42 Å². The second-order valence-corrected chi connectivity index (χ2v) is 4.90. The molecule has 0 aliphatic carbocycles. The van der Waals surface area contributed by atoms with Gasteiger partial charge >= 0.3 is 0 Å². The van der Waals surface area contributed by atoms with Crippen LogP contribution < -0.4 is 0 Å². The lowest BCUT2D eigenvalue weighted by molar-refractivity contribution is 0.0648. The Hall–Kier alpha value is -1.90. The zero-order valence-electron chi connectivity index (χ0n) is 11.4. The van der Waals surface area contributed by atoms with Crippen LogP contribution in [0, 0.1) is 17.8 Å². The van der Waals surface area contributed by atoms with E-state index >= 15 is 0 Å². The minimum Gasteiger partial charge on any atom is -0.394 e. The van der Waals surface area contributed by atoms with Crippen LogP contribution in [0.1, 0.15) is 29.3 Å². The summed E-state index contributed by atoms with van der Waals surface area (Å²) in [6.45, 7) is 2.38. The molecule has 0 radical (unpaired) electrons. The van der Waals surface area contributed by atoms with Crippen molar-refractivity contribution < 1.29 is 15.0 Å². The van der Waals surface area contributed by atoms with Crippen molar-refractivity contribution in [2.75, 3.05) is 19.8 Å². The first-order chi connectivity index (χ1) is 9.69. The van der Waals surface area contributed by atoms with E-state index < -0.39 is 0 Å². The van der Waals surface area contributed by atoms with E-state index in [4.69, 9.17) is 5.11 Å². The summed E-state index contributed by atoms with van der Waals surface area (Å²) in [4.78, 5) is 18.3. The molecule has 2 unspecified atom stereocenters. The Bertz CT molecular complexity index is 548. The van der Waals surface area contributed by atoms with Gasteiger partial charge in [-0.1, -0.05) is 18.8 Å². The maximum atomic E-state index is 12.6. The van der Waals surface area contributed by atoms with Gasteiger partial charge in [0.2, 0.25) is 0 Å². The van der Waals surface area contributed by atoms with E-state index in [-0.39, 0.29) is 31.1 Å². The molecule has 106 valence electrons. The fourth-order valence-corrected chi connectivity index (χ4v) is 2.51. The molecule has 1 aromatic rings. The monoisotopic (exact) mass is 274 g/mol. The van der Waals surface area contributed by atoms with Crippen LogP contribution in [0.5, 0.6) is 0 Å². The fraction of sp³-hybridized carbons (Fsp3) is 0.467. The lowest BCUT2D eigenvalue weighted by Crippen LogP contribution is -2.40. The average Bonchev–Trinajstić information content (AvgIpc) is 2.85. The molecular formula is C15H18N2O3. The smallest absolute Gasteiger partial charge is 0.255 e. The average molecular weight is 274 g/mol. The molecule has 0 bridgehead atoms. The number of carbonyl (C=O) groups excluding carboxylic acids is 1. The third-order valence-corrected chi connectivity index (χ3v) is 3.68. The summed E-state index contributed by atoms with van der Waals surface area (Å²) in [6.07, 6.45) is 3.95. The number of hydrogen-bond donors (Lipinski definition) is 2. The van der Waals surface area contributed by atoms with Gasteiger partial charge in [-0.25, -0.2) is 0 Å². The van der Waals surface area contributed by atoms with Crippen LogP contribution in [-0.2, 0) is 0 Å². The normalized spacial score (nSPS) is 21.4. The number of aromatic nitrogens is 1. The number of aliphatic hydroxyl groups excluding tert-OH is 2. The predicted molar refractivity (Wildman–Crippen MR) is 73.9 cm³/mol. The summed E-state index contributed by atoms with van der Waals surface area (Å²) in [7, 11) is 0. The standard InChI is InChI=1S/C15H18N2O3/c1-11-5-7-17(14(11)10-19)15(20)13-4-6-16-9-12(13)3-2-8-18/h4,6,9,11,14,18-19H,5,7-8,10H2,1H3. The lowest BCUT2D eigenvalue weighted by Gasteiger charge is -2.25. The van der Waals surface area contributed by atoms with E-state index in [0.29, 0.717) is 17.7 Å². The first-order valence-electron chi connectivity index (χ1n) is 6.64. The first-order valence-corrected chi connectivity index (χ1v) is 6.64. The van der Waals surface area contributed by atoms with Crippen LogP contribution in [0.25, 0.3) is 0 Å². The van der Waals surface area contributed by atoms with Gasteiger partial charge in [-0.05, 0) is 18.4 Å². The molecule has 1 aliphatic heterocycles. The molecule has 2 atom stereocenters. The van der Waals surface area contributed by atoms with Gasteiger partial charge in [0.25, 0.3) is 5.91 Å². The topological polar surface area (TPSA) is 73.7 Å². The quantitative estimate of drug-likeness (QED) is 0.759. The van der Waals surface area contributed by atoms with Crippen molar-refractivity contribution in [2.24, 2.45) is 5.92 Å². The van der Waals surface area contributed by atoms with Crippen molar-refractivity contribution in [3.05, 3.63) is 29.6 Å². The molecule has 0 spiro atoms. The zero-order valence-corrected chi connectivity index (χ0v) is 11.4. The third-order valence-electron chi connectivity index (χ3n) is 3.68. The van der Waals surface area contributed by atoms with E-state index in [2.05, 4.69) is 16.8 Å². The second kappa shape index (κ2) is 6.51. The summed E-state index contributed by atoms with van der Waals surface area (Å²) in [5.41, 5.74) is 0.969. The van der Waals surface area contributed by atoms with Crippen molar-refractivity contribution >= 4 is 5.91 Å². The molecule has 1 aliphatic rings. The van der Waals surface area contributed by atoms with Gasteiger partial charge in [-0.15, -0.1) is 0 Å². The number of rotatable bonds is 2. The van der Waals surface area contributed by atoms with Crippen molar-refractivity contribution in [3.8, 4) is 11.8 Å². The van der Waals surface area contributed by atoms with E-state index in [1.165, 1.54) is 6.20 Å². The Morgan fingerprint density at radius 1 is 1.55 bits per heavy atom. The molecule has 2 N–H and O–H groups in total. The Morgan fingerprint density at radius 2 is 2.35 bits per heavy atom. The number of amides is 1. The predicted octanol–water partition coefficient (Wildman–Crippen LogP) is 0.268. The van der Waals surface area contributed by atoms with Gasteiger partial charge in [0.05, 0.1) is 23.8 Å². The summed E-state index contributed by atoms with van der Waals surface area (Å²) in [5, 5.41) is 18.2. The number of nitrogens with zero attached hydrogens (tertiary/aromatic N) is 2. The highest BCUT2D eigenvalue weighted by molar-refractivity contribution is 5.97. The van der Waals surface area contributed by atoms with Gasteiger partial charge in [0.15, 0.2) is 0 Å². The van der Waals surface area contributed by atoms with E-state index in [1.54, 1.807) is 17.2 Å². The molecule has 0 aromatic carbocycles. The number of likely N-dealkylation sites (tertiary alicyclic amines) is 1. The Labute approximate surface area is 118 Å². The molecule has 5 nitrogen and oxygen atoms in total. The second-order valence-electron chi connectivity index (χ2n) is 4.90. The largest absolute Gasteiger partial charge is 0.394 e. The molecule has 1 aromatic heterocycles. The molecule has 20 heavy (non-hydrogen) atoms. The van der Waals surface area contributed by atoms with Gasteiger partial charge in [0.1, 0.15) is 6.61 Å². The summed E-state index contributed by atoms with van der Waals surface area (Å²) >= 11 is 0. The maximum Gasteiger partial charge on any atom is 0.255 e. The molecule has 2 heterocycles. The number of hydrogen-bond acceptors (Lipinski definition) is 4. The van der Waals surface area contributed by atoms with Gasteiger partial charge in [0, 0.05) is 18.9 Å². The highest BCUT2D eigenvalue weighted by atomic mass is 16.3. The molecular weight excluding hydrogens is 256 g/mol. The highest BCUT2D eigenvalue weighted by Crippen LogP contribution is 2.25. The molecule has 5 heteroatoms. The molecule has 1 fully saturated rings. The molecule has 1 saturated heterocycles. The van der Waals surface area contributed by atoms with Crippen LogP contribution in [0.2, 0.25) is 0 Å². The Kier molecular flexibility index (Phi) is 4.72. The fourth-order valence-electron chi connectivity index (χ4n) is 2.51. The summed E-state index contributed by atoms with van der Waals surface area (Å²) in [6, 6.07) is 1.48. The third kappa shape index (κ3) is 2.82. The summed E-state index contributed by atoms with van der Waals surface area (Å²) in [5.74, 6) is 5.42. The van der Waals surface area contributed by atoms with Crippen molar-refractivity contribution in [3.63, 3.8) is 0 Å². The van der Waals surface area contributed by atoms with Crippen LogP contribution in [0.15, 0.2) is 18.5 Å². The highest BCUT2D eigenvalue weighted by Gasteiger charge is 2.34. The maximum absolute atomic E-state index is 12.6. The minimum absolute atomic E-state index is 0.0321. The molecule has 1 amide bonds. The van der Waals surface area contributed by atoms with Crippen LogP contribution in [0.3, 0.4) is 0 Å². The first kappa shape index (κ1) is 14.5. The lowest BCUT2D eigenvalue weighted by atomic mass is 10.0. The van der Waals surface area contributed by atoms with Crippen LogP contribution >= 0.6 is 0 Å². The number of aliphatic hydroxyl groups is 2. The Morgan fingerprint density at radius 3 is 3.05 bits per heavy atom. The zero-order chi connectivity index (χ0) is 14.5. The van der Waals surface area contributed by atoms with Gasteiger partial charge in [-0.3, -0.25) is 9.78 Å². The Balaban J connectivity index is 2.30. The van der Waals surface area contributed by atoms with Crippen LogP contribution in [0.4, 0.5) is 0 Å². The van der Waals surface area contributed by atoms with Crippen LogP contribution in [-0.4, -0.2) is 51.8 Å². The molecule has 0 saturated carbocycles. The number of carbonyl (C=O) groups is 1. The van der Waals surface area contributed by atoms with Crippen molar-refractivity contribution in [1.82, 2.24) is 9.88 Å². The van der Waals surface area contributed by atoms with Crippen molar-refractivity contribution in [1.29, 1.82) is 0 Å². The van der Waals surface area contributed by atoms with E-state index in [1.807, 2.05) is 6.92 Å². The van der Waals surface area contributed by atoms with Gasteiger partial charge < -0.3 is 15.1 Å². The minimum atomic E-state index is -0.261. The molecule has 2 rings (SSSR count). The van der Waals surface area contributed by atoms with Gasteiger partial charge in [-0.2, -0.15) is 0 Å². The number of pyridine rings is 1.